The molecule has 15 heavy (non-hydrogen) atoms. The molecule has 0 aliphatic carbocycles. The lowest BCUT2D eigenvalue weighted by molar-refractivity contribution is -0.941. The molecule has 0 radical (unpaired) electrons. The summed E-state index contributed by atoms with van der Waals surface area (Å²) in [5.74, 6) is 0. The molecule has 1 N–H and O–H groups in total. The first kappa shape index (κ1) is 12.9. The van der Waals surface area contributed by atoms with E-state index in [-0.39, 0.29) is 5.48 Å². The number of piperazine rings is 3. The number of hydrogen-bond donors (Lipinski definition) is 0. The molecule has 3 saturated heterocycles. The van der Waals surface area contributed by atoms with Gasteiger partial charge < -0.3 is 14.9 Å². The van der Waals surface area contributed by atoms with Crippen LogP contribution in [0.1, 0.15) is 6.42 Å². The zero-order valence-electron chi connectivity index (χ0n) is 10.2. The van der Waals surface area contributed by atoms with Gasteiger partial charge in [-0.2, -0.15) is 0 Å². The molecule has 0 aromatic carbocycles. The maximum Gasteiger partial charge on any atom is 0.0916 e. The molecule has 0 saturated carbocycles. The van der Waals surface area contributed by atoms with Gasteiger partial charge in [-0.25, -0.2) is 0 Å². The van der Waals surface area contributed by atoms with E-state index in [0.717, 1.165) is 0 Å². The van der Waals surface area contributed by atoms with Gasteiger partial charge in [-0.3, -0.25) is 4.90 Å². The van der Waals surface area contributed by atoms with Gasteiger partial charge >= 0.3 is 0 Å². The monoisotopic (exact) mass is 215 g/mol. The van der Waals surface area contributed by atoms with Crippen LogP contribution in [-0.2, 0) is 0 Å². The van der Waals surface area contributed by atoms with Crippen LogP contribution in [0.5, 0.6) is 0 Å². The maximum absolute atomic E-state index is 2.62. The Balaban J connectivity index is 0.00000112. The van der Waals surface area contributed by atoms with Crippen molar-refractivity contribution in [2.24, 2.45) is 0 Å². The van der Waals surface area contributed by atoms with Crippen molar-refractivity contribution in [3.63, 3.8) is 0 Å². The van der Waals surface area contributed by atoms with Crippen molar-refractivity contribution in [2.45, 2.75) is 6.42 Å². The molecular formula is C11H25N3O. The van der Waals surface area contributed by atoms with Gasteiger partial charge in [-0.1, -0.05) is 0 Å². The smallest absolute Gasteiger partial charge is 0.0916 e. The third-order valence-electron chi connectivity index (χ3n) is 3.91. The van der Waals surface area contributed by atoms with Crippen LogP contribution in [0.4, 0.5) is 0 Å². The summed E-state index contributed by atoms with van der Waals surface area (Å²) in [4.78, 5) is 4.92. The normalized spacial score (nSPS) is 34.2. The second kappa shape index (κ2) is 5.25. The Morgan fingerprint density at radius 2 is 1.60 bits per heavy atom. The number of nitrogens with zero attached hydrogens (tertiary/aromatic N) is 3. The van der Waals surface area contributed by atoms with E-state index in [1.54, 1.807) is 0 Å². The van der Waals surface area contributed by atoms with Crippen LogP contribution < -0.4 is 0 Å². The van der Waals surface area contributed by atoms with Crippen LogP contribution in [0, 0.1) is 0 Å². The minimum Gasteiger partial charge on any atom is -0.870 e. The molecule has 0 atom stereocenters. The average molecular weight is 215 g/mol. The zero-order valence-corrected chi connectivity index (χ0v) is 10.2. The minimum atomic E-state index is 0. The Bertz CT molecular complexity index is 174. The van der Waals surface area contributed by atoms with Crippen LogP contribution in [-0.4, -0.2) is 86.2 Å². The molecule has 2 bridgehead atoms. The SMILES string of the molecule is CN(C)CCC[N+]12CCN(CC1)CC2.[OH-]. The Morgan fingerprint density at radius 1 is 1.07 bits per heavy atom. The summed E-state index contributed by atoms with van der Waals surface area (Å²) in [6, 6.07) is 0. The first-order valence-electron chi connectivity index (χ1n) is 5.92. The minimum absolute atomic E-state index is 0. The molecule has 0 aromatic heterocycles. The zero-order chi connectivity index (χ0) is 10.0. The Morgan fingerprint density at radius 3 is 2.07 bits per heavy atom. The van der Waals surface area contributed by atoms with Crippen LogP contribution in [0.15, 0.2) is 0 Å². The molecule has 4 nitrogen and oxygen atoms in total. The fourth-order valence-electron chi connectivity index (χ4n) is 2.79. The van der Waals surface area contributed by atoms with E-state index >= 15 is 0 Å². The Hall–Kier alpha value is -0.160. The predicted molar refractivity (Wildman–Crippen MR) is 61.3 cm³/mol. The van der Waals surface area contributed by atoms with Gasteiger partial charge in [0, 0.05) is 32.6 Å². The highest BCUT2D eigenvalue weighted by molar-refractivity contribution is 4.70. The standard InChI is InChI=1S/C11H24N3.H2O/c1-12(2)4-3-8-14-9-5-13(6-10-14)7-11-14;/h3-11H2,1-2H3;1H2/q+1;/p-1. The lowest BCUT2D eigenvalue weighted by atomic mass is 10.1. The second-order valence-electron chi connectivity index (χ2n) is 5.23. The summed E-state index contributed by atoms with van der Waals surface area (Å²) in [5.41, 5.74) is 0. The second-order valence-corrected chi connectivity index (χ2v) is 5.23. The van der Waals surface area contributed by atoms with Crippen molar-refractivity contribution in [1.82, 2.24) is 9.80 Å². The van der Waals surface area contributed by atoms with Gasteiger partial charge in [0.15, 0.2) is 0 Å². The third kappa shape index (κ3) is 3.14. The van der Waals surface area contributed by atoms with Crippen molar-refractivity contribution in [2.75, 3.05) is 66.5 Å². The first-order chi connectivity index (χ1) is 6.70. The van der Waals surface area contributed by atoms with Gasteiger partial charge in [0.1, 0.15) is 0 Å². The van der Waals surface area contributed by atoms with Crippen molar-refractivity contribution in [3.05, 3.63) is 0 Å². The van der Waals surface area contributed by atoms with E-state index < -0.39 is 0 Å². The third-order valence-corrected chi connectivity index (χ3v) is 3.91. The molecule has 3 heterocycles. The summed E-state index contributed by atoms with van der Waals surface area (Å²) in [5, 5.41) is 0. The van der Waals surface area contributed by atoms with Crippen LogP contribution in [0.25, 0.3) is 0 Å². The topological polar surface area (TPSA) is 36.5 Å². The Labute approximate surface area is 93.3 Å². The van der Waals surface area contributed by atoms with Gasteiger partial charge in [-0.05, 0) is 14.1 Å². The lowest BCUT2D eigenvalue weighted by Gasteiger charge is -2.50. The van der Waals surface area contributed by atoms with E-state index in [1.807, 2.05) is 0 Å². The molecular weight excluding hydrogens is 190 g/mol. The molecule has 3 rings (SSSR count). The lowest BCUT2D eigenvalue weighted by Crippen LogP contribution is -2.67. The summed E-state index contributed by atoms with van der Waals surface area (Å²) in [6.07, 6.45) is 1.37. The number of rotatable bonds is 4. The highest BCUT2D eigenvalue weighted by Crippen LogP contribution is 2.19. The molecule has 0 aromatic rings. The van der Waals surface area contributed by atoms with Crippen LogP contribution in [0.2, 0.25) is 0 Å². The average Bonchev–Trinajstić information content (AvgIpc) is 2.19. The van der Waals surface area contributed by atoms with E-state index in [4.69, 9.17) is 0 Å². The van der Waals surface area contributed by atoms with E-state index in [9.17, 15) is 0 Å². The molecule has 90 valence electrons. The summed E-state index contributed by atoms with van der Waals surface area (Å²) in [7, 11) is 4.35. The maximum atomic E-state index is 2.62. The first-order valence-corrected chi connectivity index (χ1v) is 5.92. The quantitative estimate of drug-likeness (QED) is 0.615. The van der Waals surface area contributed by atoms with Crippen molar-refractivity contribution in [3.8, 4) is 0 Å². The van der Waals surface area contributed by atoms with Gasteiger partial charge in [0.05, 0.1) is 26.2 Å². The number of hydrogen-bond acceptors (Lipinski definition) is 3. The van der Waals surface area contributed by atoms with Gasteiger partial charge in [0.2, 0.25) is 0 Å². The molecule has 0 unspecified atom stereocenters. The summed E-state index contributed by atoms with van der Waals surface area (Å²) in [6.45, 7) is 10.9. The van der Waals surface area contributed by atoms with Crippen molar-refractivity contribution in [1.29, 1.82) is 0 Å². The molecule has 3 aliphatic heterocycles. The van der Waals surface area contributed by atoms with E-state index in [0.29, 0.717) is 0 Å². The molecule has 3 fully saturated rings. The molecule has 3 aliphatic rings. The molecule has 4 heteroatoms. The van der Waals surface area contributed by atoms with Crippen molar-refractivity contribution >= 4 is 0 Å². The largest absolute Gasteiger partial charge is 0.870 e. The highest BCUT2D eigenvalue weighted by atomic mass is 16.0. The predicted octanol–water partition coefficient (Wildman–Crippen LogP) is -0.0927. The summed E-state index contributed by atoms with van der Waals surface area (Å²) < 4.78 is 1.42. The van der Waals surface area contributed by atoms with Gasteiger partial charge in [0.25, 0.3) is 0 Å². The summed E-state index contributed by atoms with van der Waals surface area (Å²) >= 11 is 0. The molecule has 0 spiro atoms. The number of quaternary nitrogens is 1. The van der Waals surface area contributed by atoms with E-state index in [2.05, 4.69) is 23.9 Å². The molecule has 0 amide bonds. The van der Waals surface area contributed by atoms with Gasteiger partial charge in [-0.15, -0.1) is 0 Å². The van der Waals surface area contributed by atoms with Crippen LogP contribution in [0.3, 0.4) is 0 Å². The highest BCUT2D eigenvalue weighted by Gasteiger charge is 2.37. The Kier molecular flexibility index (Phi) is 4.52. The fourth-order valence-corrected chi connectivity index (χ4v) is 2.79. The van der Waals surface area contributed by atoms with Crippen molar-refractivity contribution < 1.29 is 9.96 Å². The van der Waals surface area contributed by atoms with E-state index in [1.165, 1.54) is 63.3 Å². The fraction of sp³-hybridized carbons (Fsp3) is 1.00. The van der Waals surface area contributed by atoms with Crippen LogP contribution >= 0.6 is 0 Å². The number of fused-ring (bicyclic) bond motifs is 3.